The summed E-state index contributed by atoms with van der Waals surface area (Å²) >= 11 is 0. The van der Waals surface area contributed by atoms with Crippen LogP contribution in [0.2, 0.25) is 0 Å². The van der Waals surface area contributed by atoms with Crippen LogP contribution in [0.3, 0.4) is 0 Å². The van der Waals surface area contributed by atoms with Crippen molar-refractivity contribution < 1.29 is 14.3 Å². The van der Waals surface area contributed by atoms with Gasteiger partial charge in [-0.2, -0.15) is 0 Å². The number of piperidine rings is 1. The number of hydrogen-bond acceptors (Lipinski definition) is 6. The molecule has 1 fully saturated rings. The van der Waals surface area contributed by atoms with Crippen molar-refractivity contribution in [1.29, 1.82) is 0 Å². The molecule has 0 unspecified atom stereocenters. The number of carbonyl (C=O) groups is 1. The summed E-state index contributed by atoms with van der Waals surface area (Å²) < 4.78 is 11.1. The first-order chi connectivity index (χ1) is 10.3. The SMILES string of the molecule is CC(C)(C)OC(=O)N1CCC[C@@H](COc2cc(N)ncn2)C1. The quantitative estimate of drug-likeness (QED) is 0.919. The van der Waals surface area contributed by atoms with Gasteiger partial charge in [0.25, 0.3) is 0 Å². The van der Waals surface area contributed by atoms with Gasteiger partial charge in [0, 0.05) is 25.1 Å². The van der Waals surface area contributed by atoms with Crippen molar-refractivity contribution in [2.24, 2.45) is 5.92 Å². The van der Waals surface area contributed by atoms with E-state index in [1.54, 1.807) is 11.0 Å². The molecule has 2 N–H and O–H groups in total. The molecule has 1 atom stereocenters. The third-order valence-electron chi connectivity index (χ3n) is 3.30. The van der Waals surface area contributed by atoms with Crippen LogP contribution in [0.4, 0.5) is 10.6 Å². The van der Waals surface area contributed by atoms with Crippen LogP contribution < -0.4 is 10.5 Å². The molecule has 0 aromatic carbocycles. The lowest BCUT2D eigenvalue weighted by Gasteiger charge is -2.33. The predicted octanol–water partition coefficient (Wildman–Crippen LogP) is 2.08. The van der Waals surface area contributed by atoms with Gasteiger partial charge in [0.1, 0.15) is 17.7 Å². The summed E-state index contributed by atoms with van der Waals surface area (Å²) in [7, 11) is 0. The van der Waals surface area contributed by atoms with Crippen LogP contribution in [0.5, 0.6) is 5.88 Å². The first kappa shape index (κ1) is 16.3. The number of nitrogen functional groups attached to an aromatic ring is 1. The van der Waals surface area contributed by atoms with Crippen LogP contribution in [0.25, 0.3) is 0 Å². The lowest BCUT2D eigenvalue weighted by Crippen LogP contribution is -2.44. The normalized spacial score (nSPS) is 18.9. The molecule has 0 radical (unpaired) electrons. The number of nitrogens with zero attached hydrogens (tertiary/aromatic N) is 3. The highest BCUT2D eigenvalue weighted by Gasteiger charge is 2.27. The summed E-state index contributed by atoms with van der Waals surface area (Å²) in [6.07, 6.45) is 3.07. The van der Waals surface area contributed by atoms with Gasteiger partial charge >= 0.3 is 6.09 Å². The maximum absolute atomic E-state index is 12.1. The second kappa shape index (κ2) is 6.81. The van der Waals surface area contributed by atoms with Gasteiger partial charge in [0.05, 0.1) is 6.61 Å². The van der Waals surface area contributed by atoms with E-state index in [0.29, 0.717) is 24.8 Å². The average molecular weight is 308 g/mol. The van der Waals surface area contributed by atoms with Gasteiger partial charge in [-0.3, -0.25) is 0 Å². The number of likely N-dealkylation sites (tertiary alicyclic amines) is 1. The Kier molecular flexibility index (Phi) is 5.05. The Bertz CT molecular complexity index is 516. The van der Waals surface area contributed by atoms with E-state index in [4.69, 9.17) is 15.2 Å². The summed E-state index contributed by atoms with van der Waals surface area (Å²) in [5.74, 6) is 1.10. The van der Waals surface area contributed by atoms with E-state index in [-0.39, 0.29) is 12.0 Å². The van der Waals surface area contributed by atoms with E-state index < -0.39 is 5.60 Å². The van der Waals surface area contributed by atoms with Gasteiger partial charge in [0.2, 0.25) is 5.88 Å². The van der Waals surface area contributed by atoms with Crippen molar-refractivity contribution >= 4 is 11.9 Å². The predicted molar refractivity (Wildman–Crippen MR) is 82.5 cm³/mol. The molecule has 1 aromatic rings. The average Bonchev–Trinajstić information content (AvgIpc) is 2.44. The molecule has 0 saturated carbocycles. The Hall–Kier alpha value is -2.05. The first-order valence-electron chi connectivity index (χ1n) is 7.52. The third-order valence-corrected chi connectivity index (χ3v) is 3.30. The van der Waals surface area contributed by atoms with Crippen molar-refractivity contribution in [3.8, 4) is 5.88 Å². The number of amides is 1. The fourth-order valence-electron chi connectivity index (χ4n) is 2.33. The van der Waals surface area contributed by atoms with E-state index in [9.17, 15) is 4.79 Å². The van der Waals surface area contributed by atoms with Gasteiger partial charge in [-0.1, -0.05) is 0 Å². The molecule has 1 saturated heterocycles. The van der Waals surface area contributed by atoms with Gasteiger partial charge in [-0.15, -0.1) is 0 Å². The van der Waals surface area contributed by atoms with Crippen LogP contribution in [0.1, 0.15) is 33.6 Å². The van der Waals surface area contributed by atoms with Crippen LogP contribution in [0, 0.1) is 5.92 Å². The summed E-state index contributed by atoms with van der Waals surface area (Å²) in [4.78, 5) is 21.7. The number of hydrogen-bond donors (Lipinski definition) is 1. The topological polar surface area (TPSA) is 90.6 Å². The van der Waals surface area contributed by atoms with E-state index in [1.807, 2.05) is 20.8 Å². The van der Waals surface area contributed by atoms with Crippen molar-refractivity contribution in [3.05, 3.63) is 12.4 Å². The van der Waals surface area contributed by atoms with Crippen molar-refractivity contribution in [1.82, 2.24) is 14.9 Å². The molecule has 1 aliphatic rings. The zero-order chi connectivity index (χ0) is 16.2. The lowest BCUT2D eigenvalue weighted by molar-refractivity contribution is 0.0138. The molecule has 7 nitrogen and oxygen atoms in total. The van der Waals surface area contributed by atoms with Crippen molar-refractivity contribution in [2.75, 3.05) is 25.4 Å². The highest BCUT2D eigenvalue weighted by Crippen LogP contribution is 2.20. The van der Waals surface area contributed by atoms with Gasteiger partial charge in [-0.25, -0.2) is 14.8 Å². The molecule has 7 heteroatoms. The zero-order valence-corrected chi connectivity index (χ0v) is 13.4. The monoisotopic (exact) mass is 308 g/mol. The Morgan fingerprint density at radius 3 is 2.91 bits per heavy atom. The maximum Gasteiger partial charge on any atom is 0.410 e. The molecule has 22 heavy (non-hydrogen) atoms. The Labute approximate surface area is 130 Å². The Balaban J connectivity index is 1.84. The van der Waals surface area contributed by atoms with E-state index >= 15 is 0 Å². The van der Waals surface area contributed by atoms with Gasteiger partial charge < -0.3 is 20.1 Å². The van der Waals surface area contributed by atoms with Gasteiger partial charge in [0.15, 0.2) is 0 Å². The molecule has 1 aromatic heterocycles. The van der Waals surface area contributed by atoms with E-state index in [0.717, 1.165) is 19.4 Å². The molecule has 2 heterocycles. The summed E-state index contributed by atoms with van der Waals surface area (Å²) in [6.45, 7) is 7.47. The largest absolute Gasteiger partial charge is 0.477 e. The van der Waals surface area contributed by atoms with Crippen LogP contribution in [-0.4, -0.2) is 46.3 Å². The van der Waals surface area contributed by atoms with Crippen LogP contribution in [-0.2, 0) is 4.74 Å². The lowest BCUT2D eigenvalue weighted by atomic mass is 9.99. The molecular weight excluding hydrogens is 284 g/mol. The summed E-state index contributed by atoms with van der Waals surface area (Å²) in [5.41, 5.74) is 5.11. The molecule has 1 amide bonds. The minimum atomic E-state index is -0.473. The third kappa shape index (κ3) is 5.05. The fourth-order valence-corrected chi connectivity index (χ4v) is 2.33. The molecule has 0 aliphatic carbocycles. The molecule has 122 valence electrons. The minimum absolute atomic E-state index is 0.261. The highest BCUT2D eigenvalue weighted by molar-refractivity contribution is 5.68. The Morgan fingerprint density at radius 1 is 1.45 bits per heavy atom. The summed E-state index contributed by atoms with van der Waals surface area (Å²) in [5, 5.41) is 0. The van der Waals surface area contributed by atoms with Gasteiger partial charge in [-0.05, 0) is 33.6 Å². The second-order valence-corrected chi connectivity index (χ2v) is 6.53. The number of anilines is 1. The number of ether oxygens (including phenoxy) is 2. The van der Waals surface area contributed by atoms with Crippen molar-refractivity contribution in [3.63, 3.8) is 0 Å². The number of carbonyl (C=O) groups excluding carboxylic acids is 1. The molecule has 1 aliphatic heterocycles. The second-order valence-electron chi connectivity index (χ2n) is 6.53. The molecule has 0 spiro atoms. The number of aromatic nitrogens is 2. The van der Waals surface area contributed by atoms with E-state index in [1.165, 1.54) is 6.33 Å². The van der Waals surface area contributed by atoms with Crippen LogP contribution >= 0.6 is 0 Å². The standard InChI is InChI=1S/C15H24N4O3/c1-15(2,3)22-14(20)19-6-4-5-11(8-19)9-21-13-7-12(16)17-10-18-13/h7,10-11H,4-6,8-9H2,1-3H3,(H2,16,17,18)/t11-/m1/s1. The minimum Gasteiger partial charge on any atom is -0.477 e. The molecule has 0 bridgehead atoms. The fraction of sp³-hybridized carbons (Fsp3) is 0.667. The maximum atomic E-state index is 12.1. The van der Waals surface area contributed by atoms with E-state index in [2.05, 4.69) is 9.97 Å². The summed E-state index contributed by atoms with van der Waals surface area (Å²) in [6, 6.07) is 1.59. The Morgan fingerprint density at radius 2 is 2.23 bits per heavy atom. The number of nitrogens with two attached hydrogens (primary N) is 1. The first-order valence-corrected chi connectivity index (χ1v) is 7.52. The van der Waals surface area contributed by atoms with Crippen LogP contribution in [0.15, 0.2) is 12.4 Å². The molecular formula is C15H24N4O3. The zero-order valence-electron chi connectivity index (χ0n) is 13.4. The highest BCUT2D eigenvalue weighted by atomic mass is 16.6. The van der Waals surface area contributed by atoms with Crippen molar-refractivity contribution in [2.45, 2.75) is 39.2 Å². The number of rotatable bonds is 3. The molecule has 2 rings (SSSR count). The smallest absolute Gasteiger partial charge is 0.410 e.